The average Bonchev–Trinajstić information content (AvgIpc) is 3.02. The largest absolute Gasteiger partial charge is 0.486 e. The first-order valence-corrected chi connectivity index (χ1v) is 6.29. The van der Waals surface area contributed by atoms with Gasteiger partial charge in [0.2, 0.25) is 5.82 Å². The number of aryl methyl sites for hydroxylation is 1. The van der Waals surface area contributed by atoms with E-state index in [-0.39, 0.29) is 11.4 Å². The topological polar surface area (TPSA) is 109 Å². The number of nitrogens with one attached hydrogen (secondary N) is 2. The van der Waals surface area contributed by atoms with Crippen molar-refractivity contribution < 1.29 is 9.47 Å². The number of hydrogen-bond donors (Lipinski definition) is 2. The molecule has 1 aromatic heterocycles. The molecule has 2 N–H and O–H groups in total. The monoisotopic (exact) mass is 284 g/mol. The number of nitrogens with zero attached hydrogens (tertiary/aromatic N) is 4. The Balaban J connectivity index is 1.86. The van der Waals surface area contributed by atoms with Crippen molar-refractivity contribution >= 4 is 11.3 Å². The predicted molar refractivity (Wildman–Crippen MR) is 73.6 cm³/mol. The van der Waals surface area contributed by atoms with Crippen molar-refractivity contribution in [1.82, 2.24) is 20.6 Å². The molecule has 2 aromatic rings. The fraction of sp³-hybridized carbons (Fsp3) is 0.231. The maximum atomic E-state index is 9.11. The fourth-order valence-electron chi connectivity index (χ4n) is 1.92. The van der Waals surface area contributed by atoms with Crippen molar-refractivity contribution in [1.29, 1.82) is 5.26 Å². The van der Waals surface area contributed by atoms with Gasteiger partial charge in [0.1, 0.15) is 24.9 Å². The number of anilines is 1. The molecule has 0 spiro atoms. The van der Waals surface area contributed by atoms with Crippen molar-refractivity contribution in [2.75, 3.05) is 18.5 Å². The van der Waals surface area contributed by atoms with Gasteiger partial charge in [-0.3, -0.25) is 0 Å². The van der Waals surface area contributed by atoms with Crippen molar-refractivity contribution in [3.8, 4) is 17.6 Å². The lowest BCUT2D eigenvalue weighted by molar-refractivity contribution is 0.171. The number of ether oxygens (including phenoxy) is 2. The third kappa shape index (κ3) is 2.62. The molecule has 1 aliphatic heterocycles. The number of fused-ring (bicyclic) bond motifs is 1. The Morgan fingerprint density at radius 2 is 2.14 bits per heavy atom. The minimum absolute atomic E-state index is 0.236. The van der Waals surface area contributed by atoms with Crippen LogP contribution < -0.4 is 14.8 Å². The Morgan fingerprint density at radius 3 is 2.81 bits per heavy atom. The number of aromatic nitrogens is 4. The molecule has 1 aromatic carbocycles. The molecule has 0 aliphatic carbocycles. The molecule has 0 saturated heterocycles. The Labute approximate surface area is 120 Å². The highest BCUT2D eigenvalue weighted by molar-refractivity contribution is 5.75. The summed E-state index contributed by atoms with van der Waals surface area (Å²) in [6.07, 6.45) is 1.53. The van der Waals surface area contributed by atoms with Crippen LogP contribution in [0.5, 0.6) is 11.5 Å². The van der Waals surface area contributed by atoms with Crippen LogP contribution in [0.4, 0.5) is 5.69 Å². The maximum Gasteiger partial charge on any atom is 0.216 e. The number of benzene rings is 1. The number of H-pyrrole nitrogens is 1. The highest BCUT2D eigenvalue weighted by Gasteiger charge is 2.14. The van der Waals surface area contributed by atoms with Gasteiger partial charge < -0.3 is 14.8 Å². The van der Waals surface area contributed by atoms with Crippen LogP contribution >= 0.6 is 0 Å². The molecule has 0 bridgehead atoms. The maximum absolute atomic E-state index is 9.11. The zero-order chi connectivity index (χ0) is 14.7. The summed E-state index contributed by atoms with van der Waals surface area (Å²) < 4.78 is 11.0. The predicted octanol–water partition coefficient (Wildman–Crippen LogP) is 1.26. The number of rotatable bonds is 3. The molecular weight excluding hydrogens is 272 g/mol. The molecule has 0 atom stereocenters. The molecule has 21 heavy (non-hydrogen) atoms. The summed E-state index contributed by atoms with van der Waals surface area (Å²) in [5, 5.41) is 25.4. The summed E-state index contributed by atoms with van der Waals surface area (Å²) in [4.78, 5) is 0. The number of aromatic amines is 1. The van der Waals surface area contributed by atoms with E-state index < -0.39 is 0 Å². The van der Waals surface area contributed by atoms with Crippen LogP contribution in [0.25, 0.3) is 5.57 Å². The Morgan fingerprint density at radius 1 is 1.38 bits per heavy atom. The molecule has 0 fully saturated rings. The first kappa shape index (κ1) is 12.9. The first-order chi connectivity index (χ1) is 10.3. The van der Waals surface area contributed by atoms with Gasteiger partial charge in [0, 0.05) is 18.0 Å². The van der Waals surface area contributed by atoms with Crippen LogP contribution in [0.1, 0.15) is 11.4 Å². The molecule has 0 radical (unpaired) electrons. The molecule has 3 rings (SSSR count). The SMILES string of the molecule is Cc1cc2c(cc1NC=C(C#N)c1nn[nH]n1)OCCO2. The van der Waals surface area contributed by atoms with E-state index in [0.717, 1.165) is 17.0 Å². The van der Waals surface area contributed by atoms with E-state index in [4.69, 9.17) is 14.7 Å². The standard InChI is InChI=1S/C13H12N6O2/c1-8-4-11-12(21-3-2-20-11)5-10(8)15-7-9(6-14)13-16-18-19-17-13/h4-5,7,15H,2-3H2,1H3,(H,16,17,18,19). The fourth-order valence-corrected chi connectivity index (χ4v) is 1.92. The second kappa shape index (κ2) is 5.50. The lowest BCUT2D eigenvalue weighted by atomic mass is 10.1. The normalized spacial score (nSPS) is 13.6. The molecule has 1 aliphatic rings. The van der Waals surface area contributed by atoms with E-state index in [9.17, 15) is 0 Å². The first-order valence-electron chi connectivity index (χ1n) is 6.29. The summed E-state index contributed by atoms with van der Waals surface area (Å²) in [6, 6.07) is 5.75. The quantitative estimate of drug-likeness (QED) is 0.816. The lowest BCUT2D eigenvalue weighted by Gasteiger charge is -2.20. The second-order valence-electron chi connectivity index (χ2n) is 4.36. The van der Waals surface area contributed by atoms with E-state index in [1.165, 1.54) is 6.20 Å². The number of tetrazole rings is 1. The number of nitriles is 1. The van der Waals surface area contributed by atoms with Crippen molar-refractivity contribution in [2.24, 2.45) is 0 Å². The highest BCUT2D eigenvalue weighted by atomic mass is 16.6. The lowest BCUT2D eigenvalue weighted by Crippen LogP contribution is -2.15. The second-order valence-corrected chi connectivity index (χ2v) is 4.36. The third-order valence-corrected chi connectivity index (χ3v) is 2.97. The summed E-state index contributed by atoms with van der Waals surface area (Å²) in [5.74, 6) is 1.65. The molecule has 0 unspecified atom stereocenters. The Hall–Kier alpha value is -3.08. The van der Waals surface area contributed by atoms with E-state index in [1.54, 1.807) is 0 Å². The average molecular weight is 284 g/mol. The third-order valence-electron chi connectivity index (χ3n) is 2.97. The van der Waals surface area contributed by atoms with Gasteiger partial charge in [-0.1, -0.05) is 0 Å². The van der Waals surface area contributed by atoms with Gasteiger partial charge in [0.25, 0.3) is 0 Å². The Kier molecular flexibility index (Phi) is 3.39. The molecule has 8 nitrogen and oxygen atoms in total. The summed E-state index contributed by atoms with van der Waals surface area (Å²) in [7, 11) is 0. The van der Waals surface area contributed by atoms with E-state index in [1.807, 2.05) is 25.1 Å². The molecule has 106 valence electrons. The minimum Gasteiger partial charge on any atom is -0.486 e. The molecule has 8 heteroatoms. The smallest absolute Gasteiger partial charge is 0.216 e. The van der Waals surface area contributed by atoms with Crippen molar-refractivity contribution in [3.63, 3.8) is 0 Å². The summed E-state index contributed by atoms with van der Waals surface area (Å²) in [5.41, 5.74) is 2.06. The number of allylic oxidation sites excluding steroid dienone is 1. The number of hydrogen-bond acceptors (Lipinski definition) is 7. The van der Waals surface area contributed by atoms with Gasteiger partial charge in [-0.25, -0.2) is 0 Å². The molecule has 2 heterocycles. The van der Waals surface area contributed by atoms with E-state index in [2.05, 4.69) is 25.9 Å². The van der Waals surface area contributed by atoms with Crippen LogP contribution in [0.15, 0.2) is 18.3 Å². The molecular formula is C13H12N6O2. The molecule has 0 saturated carbocycles. The van der Waals surface area contributed by atoms with E-state index in [0.29, 0.717) is 19.0 Å². The van der Waals surface area contributed by atoms with Gasteiger partial charge in [-0.15, -0.1) is 10.2 Å². The summed E-state index contributed by atoms with van der Waals surface area (Å²) >= 11 is 0. The van der Waals surface area contributed by atoms with Crippen molar-refractivity contribution in [2.45, 2.75) is 6.92 Å². The van der Waals surface area contributed by atoms with Gasteiger partial charge in [0.05, 0.1) is 0 Å². The van der Waals surface area contributed by atoms with Crippen LogP contribution in [0.3, 0.4) is 0 Å². The van der Waals surface area contributed by atoms with Crippen LogP contribution in [-0.2, 0) is 0 Å². The van der Waals surface area contributed by atoms with Gasteiger partial charge in [0.15, 0.2) is 11.5 Å². The van der Waals surface area contributed by atoms with Crippen LogP contribution in [-0.4, -0.2) is 33.8 Å². The molecule has 0 amide bonds. The van der Waals surface area contributed by atoms with Crippen LogP contribution in [0, 0.1) is 18.3 Å². The zero-order valence-electron chi connectivity index (χ0n) is 11.3. The van der Waals surface area contributed by atoms with Gasteiger partial charge in [-0.05, 0) is 23.8 Å². The highest BCUT2D eigenvalue weighted by Crippen LogP contribution is 2.35. The zero-order valence-corrected chi connectivity index (χ0v) is 11.3. The summed E-state index contributed by atoms with van der Waals surface area (Å²) in [6.45, 7) is 3.02. The van der Waals surface area contributed by atoms with E-state index >= 15 is 0 Å². The minimum atomic E-state index is 0.236. The van der Waals surface area contributed by atoms with Gasteiger partial charge >= 0.3 is 0 Å². The Bertz CT molecular complexity index is 717. The van der Waals surface area contributed by atoms with Gasteiger partial charge in [-0.2, -0.15) is 10.5 Å². The van der Waals surface area contributed by atoms with Crippen LogP contribution in [0.2, 0.25) is 0 Å². The van der Waals surface area contributed by atoms with Crippen molar-refractivity contribution in [3.05, 3.63) is 29.7 Å².